The summed E-state index contributed by atoms with van der Waals surface area (Å²) in [5, 5.41) is 11.7. The van der Waals surface area contributed by atoms with Crippen molar-refractivity contribution in [2.24, 2.45) is 0 Å². The second-order valence-electron chi connectivity index (χ2n) is 8.60. The molecule has 0 amide bonds. The number of carboxylic acid groups (broad SMARTS) is 1. The summed E-state index contributed by atoms with van der Waals surface area (Å²) in [6, 6.07) is 12.3. The zero-order valence-electron chi connectivity index (χ0n) is 17.3. The summed E-state index contributed by atoms with van der Waals surface area (Å²) < 4.78 is 5.89. The molecule has 0 saturated heterocycles. The van der Waals surface area contributed by atoms with Crippen LogP contribution in [0.4, 0.5) is 0 Å². The molecule has 0 bridgehead atoms. The standard InChI is InChI=1S/C26H22N2O3/c1-14-12-21-17(4-6-20(28-21)15-2-3-15)25(19(14)13-23(29)30)18-5-7-22-24-16(9-11-31-22)8-10-27-26(18)24/h4-8,10,12,15H,2-3,9,11,13H2,1H3,(H,29,30). The van der Waals surface area contributed by atoms with E-state index in [0.29, 0.717) is 12.5 Å². The zero-order chi connectivity index (χ0) is 21.1. The molecule has 5 heteroatoms. The lowest BCUT2D eigenvalue weighted by Gasteiger charge is -2.21. The van der Waals surface area contributed by atoms with Crippen LogP contribution in [-0.4, -0.2) is 27.7 Å². The summed E-state index contributed by atoms with van der Waals surface area (Å²) in [5.74, 6) is 0.565. The van der Waals surface area contributed by atoms with Gasteiger partial charge < -0.3 is 9.84 Å². The number of fused-ring (bicyclic) bond motifs is 1. The van der Waals surface area contributed by atoms with Crippen molar-refractivity contribution in [3.8, 4) is 16.9 Å². The molecule has 2 aliphatic rings. The Morgan fingerprint density at radius 1 is 1.19 bits per heavy atom. The summed E-state index contributed by atoms with van der Waals surface area (Å²) >= 11 is 0. The van der Waals surface area contributed by atoms with E-state index < -0.39 is 5.97 Å². The lowest BCUT2D eigenvalue weighted by molar-refractivity contribution is -0.136. The van der Waals surface area contributed by atoms with Gasteiger partial charge in [0.05, 0.1) is 24.1 Å². The van der Waals surface area contributed by atoms with E-state index in [0.717, 1.165) is 61.9 Å². The topological polar surface area (TPSA) is 72.3 Å². The third-order valence-electron chi connectivity index (χ3n) is 6.51. The number of aliphatic carboxylic acids is 1. The lowest BCUT2D eigenvalue weighted by Crippen LogP contribution is -2.10. The quantitative estimate of drug-likeness (QED) is 0.501. The molecule has 0 spiro atoms. The summed E-state index contributed by atoms with van der Waals surface area (Å²) in [4.78, 5) is 21.4. The fourth-order valence-electron chi connectivity index (χ4n) is 4.86. The van der Waals surface area contributed by atoms with Gasteiger partial charge in [-0.3, -0.25) is 14.8 Å². The SMILES string of the molecule is Cc1cc2nc(C3CC3)ccc2c(-c2ccc3c4c(ccnc24)CCO3)c1CC(=O)O. The Labute approximate surface area is 179 Å². The predicted molar refractivity (Wildman–Crippen MR) is 120 cm³/mol. The van der Waals surface area contributed by atoms with Crippen molar-refractivity contribution in [2.75, 3.05) is 6.61 Å². The van der Waals surface area contributed by atoms with Gasteiger partial charge in [0.2, 0.25) is 0 Å². The minimum Gasteiger partial charge on any atom is -0.493 e. The van der Waals surface area contributed by atoms with Crippen LogP contribution in [0.2, 0.25) is 0 Å². The van der Waals surface area contributed by atoms with Crippen molar-refractivity contribution in [1.29, 1.82) is 0 Å². The average Bonchev–Trinajstić information content (AvgIpc) is 3.60. The molecule has 3 heterocycles. The van der Waals surface area contributed by atoms with Gasteiger partial charge in [-0.2, -0.15) is 0 Å². The first kappa shape index (κ1) is 18.3. The highest BCUT2D eigenvalue weighted by molar-refractivity contribution is 6.07. The van der Waals surface area contributed by atoms with E-state index in [1.165, 1.54) is 18.4 Å². The number of aryl methyl sites for hydroxylation is 1. The highest BCUT2D eigenvalue weighted by Gasteiger charge is 2.26. The fraction of sp³-hybridized carbons (Fsp3) is 0.269. The van der Waals surface area contributed by atoms with Crippen LogP contribution in [-0.2, 0) is 17.6 Å². The number of carboxylic acids is 1. The largest absolute Gasteiger partial charge is 0.493 e. The molecule has 2 aromatic heterocycles. The molecule has 6 rings (SSSR count). The number of rotatable bonds is 4. The minimum atomic E-state index is -0.842. The Hall–Kier alpha value is -3.47. The predicted octanol–water partition coefficient (Wildman–Crippen LogP) is 5.20. The molecular weight excluding hydrogens is 388 g/mol. The third-order valence-corrected chi connectivity index (χ3v) is 6.51. The highest BCUT2D eigenvalue weighted by atomic mass is 16.5. The number of aromatic nitrogens is 2. The highest BCUT2D eigenvalue weighted by Crippen LogP contribution is 2.44. The van der Waals surface area contributed by atoms with Gasteiger partial charge in [-0.25, -0.2) is 0 Å². The van der Waals surface area contributed by atoms with E-state index in [1.54, 1.807) is 0 Å². The summed E-state index contributed by atoms with van der Waals surface area (Å²) in [7, 11) is 0. The maximum atomic E-state index is 11.8. The van der Waals surface area contributed by atoms with E-state index in [4.69, 9.17) is 14.7 Å². The summed E-state index contributed by atoms with van der Waals surface area (Å²) in [6.07, 6.45) is 5.04. The van der Waals surface area contributed by atoms with Gasteiger partial charge in [-0.05, 0) is 72.4 Å². The van der Waals surface area contributed by atoms with Gasteiger partial charge in [-0.1, -0.05) is 6.07 Å². The van der Waals surface area contributed by atoms with Crippen molar-refractivity contribution in [2.45, 2.75) is 38.5 Å². The fourth-order valence-corrected chi connectivity index (χ4v) is 4.86. The molecule has 1 fully saturated rings. The number of nitrogens with zero attached hydrogens (tertiary/aromatic N) is 2. The molecule has 0 atom stereocenters. The molecule has 0 radical (unpaired) electrons. The average molecular weight is 410 g/mol. The van der Waals surface area contributed by atoms with Crippen LogP contribution in [0.25, 0.3) is 32.9 Å². The first-order valence-electron chi connectivity index (χ1n) is 10.8. The van der Waals surface area contributed by atoms with Crippen LogP contribution in [0, 0.1) is 6.92 Å². The molecule has 5 nitrogen and oxygen atoms in total. The van der Waals surface area contributed by atoms with Crippen LogP contribution in [0.15, 0.2) is 42.6 Å². The van der Waals surface area contributed by atoms with Gasteiger partial charge in [-0.15, -0.1) is 0 Å². The maximum absolute atomic E-state index is 11.8. The minimum absolute atomic E-state index is 0.0408. The number of hydrogen-bond donors (Lipinski definition) is 1. The van der Waals surface area contributed by atoms with Gasteiger partial charge in [0.1, 0.15) is 5.75 Å². The normalized spacial score (nSPS) is 15.3. The monoisotopic (exact) mass is 410 g/mol. The molecule has 4 aromatic rings. The van der Waals surface area contributed by atoms with E-state index in [9.17, 15) is 9.90 Å². The van der Waals surface area contributed by atoms with E-state index in [-0.39, 0.29) is 6.42 Å². The van der Waals surface area contributed by atoms with Crippen molar-refractivity contribution < 1.29 is 14.6 Å². The maximum Gasteiger partial charge on any atom is 0.307 e. The van der Waals surface area contributed by atoms with Crippen LogP contribution < -0.4 is 4.74 Å². The Kier molecular flexibility index (Phi) is 4.00. The van der Waals surface area contributed by atoms with Gasteiger partial charge >= 0.3 is 5.97 Å². The van der Waals surface area contributed by atoms with Crippen LogP contribution in [0.5, 0.6) is 5.75 Å². The molecular formula is C26H22N2O3. The molecule has 31 heavy (non-hydrogen) atoms. The van der Waals surface area contributed by atoms with E-state index >= 15 is 0 Å². The lowest BCUT2D eigenvalue weighted by atomic mass is 9.87. The molecule has 0 unspecified atom stereocenters. The van der Waals surface area contributed by atoms with Crippen LogP contribution >= 0.6 is 0 Å². The first-order valence-corrected chi connectivity index (χ1v) is 10.8. The number of hydrogen-bond acceptors (Lipinski definition) is 4. The van der Waals surface area contributed by atoms with Crippen LogP contribution in [0.1, 0.15) is 41.1 Å². The number of pyridine rings is 2. The van der Waals surface area contributed by atoms with Gasteiger partial charge in [0, 0.05) is 40.6 Å². The summed E-state index contributed by atoms with van der Waals surface area (Å²) in [5.41, 5.74) is 7.77. The smallest absolute Gasteiger partial charge is 0.307 e. The second-order valence-corrected chi connectivity index (χ2v) is 8.60. The Balaban J connectivity index is 1.70. The van der Waals surface area contributed by atoms with Crippen LogP contribution in [0.3, 0.4) is 0 Å². The van der Waals surface area contributed by atoms with Gasteiger partial charge in [0.25, 0.3) is 0 Å². The number of benzene rings is 2. The first-order chi connectivity index (χ1) is 15.1. The molecule has 1 aliphatic heterocycles. The molecule has 2 aromatic carbocycles. The second kappa shape index (κ2) is 6.77. The number of carbonyl (C=O) groups is 1. The number of ether oxygens (including phenoxy) is 1. The van der Waals surface area contributed by atoms with Crippen molar-refractivity contribution in [3.05, 3.63) is 65.0 Å². The Bertz CT molecular complexity index is 1380. The molecule has 1 saturated carbocycles. The van der Waals surface area contributed by atoms with E-state index in [2.05, 4.69) is 12.1 Å². The summed E-state index contributed by atoms with van der Waals surface area (Å²) in [6.45, 7) is 2.64. The Morgan fingerprint density at radius 2 is 2.06 bits per heavy atom. The molecule has 1 N–H and O–H groups in total. The van der Waals surface area contributed by atoms with Crippen molar-refractivity contribution in [1.82, 2.24) is 9.97 Å². The van der Waals surface area contributed by atoms with Crippen molar-refractivity contribution >= 4 is 27.8 Å². The molecule has 154 valence electrons. The van der Waals surface area contributed by atoms with Crippen molar-refractivity contribution in [3.63, 3.8) is 0 Å². The Morgan fingerprint density at radius 3 is 2.87 bits per heavy atom. The third kappa shape index (κ3) is 2.95. The molecule has 1 aliphatic carbocycles. The van der Waals surface area contributed by atoms with E-state index in [1.807, 2.05) is 37.4 Å². The zero-order valence-corrected chi connectivity index (χ0v) is 17.3. The van der Waals surface area contributed by atoms with Gasteiger partial charge in [0.15, 0.2) is 0 Å².